The Kier molecular flexibility index (Phi) is 4.20. The summed E-state index contributed by atoms with van der Waals surface area (Å²) in [7, 11) is 0. The van der Waals surface area contributed by atoms with E-state index in [9.17, 15) is 0 Å². The fourth-order valence-electron chi connectivity index (χ4n) is 2.99. The number of nitrogens with zero attached hydrogens (tertiary/aromatic N) is 4. The number of benzene rings is 1. The number of ether oxygens (including phenoxy) is 2. The van der Waals surface area contributed by atoms with Gasteiger partial charge in [0.05, 0.1) is 31.9 Å². The molecule has 122 valence electrons. The Balaban J connectivity index is 1.80. The Morgan fingerprint density at radius 3 is 2.22 bits per heavy atom. The lowest BCUT2D eigenvalue weighted by Crippen LogP contribution is -2.39. The van der Waals surface area contributed by atoms with Crippen molar-refractivity contribution in [2.45, 2.75) is 0 Å². The van der Waals surface area contributed by atoms with E-state index in [0.29, 0.717) is 5.02 Å². The van der Waals surface area contributed by atoms with E-state index in [0.717, 1.165) is 75.3 Å². The van der Waals surface area contributed by atoms with Crippen molar-refractivity contribution in [2.24, 2.45) is 0 Å². The summed E-state index contributed by atoms with van der Waals surface area (Å²) in [4.78, 5) is 14.0. The normalized spacial score (nSPS) is 19.3. The van der Waals surface area contributed by atoms with Gasteiger partial charge in [0.25, 0.3) is 0 Å². The summed E-state index contributed by atoms with van der Waals surface area (Å²) in [5.41, 5.74) is 0.924. The monoisotopic (exact) mass is 334 g/mol. The largest absolute Gasteiger partial charge is 0.378 e. The maximum atomic E-state index is 6.19. The lowest BCUT2D eigenvalue weighted by Gasteiger charge is -2.31. The molecule has 1 aromatic heterocycles. The molecule has 23 heavy (non-hydrogen) atoms. The molecule has 2 aliphatic heterocycles. The van der Waals surface area contributed by atoms with E-state index in [1.807, 2.05) is 18.2 Å². The highest BCUT2D eigenvalue weighted by Gasteiger charge is 2.21. The Morgan fingerprint density at radius 2 is 1.52 bits per heavy atom. The van der Waals surface area contributed by atoms with Crippen molar-refractivity contribution in [1.82, 2.24) is 9.97 Å². The molecule has 0 radical (unpaired) electrons. The lowest BCUT2D eigenvalue weighted by atomic mass is 10.2. The Hall–Kier alpha value is -1.63. The molecule has 2 aromatic rings. The number of anilines is 2. The molecule has 6 nitrogen and oxygen atoms in total. The van der Waals surface area contributed by atoms with Crippen molar-refractivity contribution in [3.8, 4) is 0 Å². The second-order valence-corrected chi connectivity index (χ2v) is 6.14. The summed E-state index contributed by atoms with van der Waals surface area (Å²) in [5.74, 6) is 1.71. The number of hydrogen-bond donors (Lipinski definition) is 0. The van der Waals surface area contributed by atoms with Gasteiger partial charge in [0.2, 0.25) is 5.95 Å². The van der Waals surface area contributed by atoms with Crippen LogP contribution in [0.3, 0.4) is 0 Å². The molecule has 1 aromatic carbocycles. The van der Waals surface area contributed by atoms with Gasteiger partial charge in [-0.2, -0.15) is 4.98 Å². The van der Waals surface area contributed by atoms with Gasteiger partial charge in [0.15, 0.2) is 0 Å². The van der Waals surface area contributed by atoms with Gasteiger partial charge in [-0.05, 0) is 18.2 Å². The first-order valence-electron chi connectivity index (χ1n) is 7.94. The molecule has 0 aliphatic carbocycles. The number of rotatable bonds is 2. The minimum atomic E-state index is 0.703. The molecule has 2 fully saturated rings. The second-order valence-electron chi connectivity index (χ2n) is 5.71. The van der Waals surface area contributed by atoms with Gasteiger partial charge in [0, 0.05) is 36.6 Å². The van der Waals surface area contributed by atoms with E-state index in [1.54, 1.807) is 0 Å². The van der Waals surface area contributed by atoms with Crippen molar-refractivity contribution in [3.05, 3.63) is 23.2 Å². The van der Waals surface area contributed by atoms with Crippen LogP contribution in [0.5, 0.6) is 0 Å². The third kappa shape index (κ3) is 3.06. The summed E-state index contributed by atoms with van der Waals surface area (Å²) in [6.07, 6.45) is 0. The van der Waals surface area contributed by atoms with Crippen LogP contribution in [0.15, 0.2) is 18.2 Å². The predicted octanol–water partition coefficient (Wildman–Crippen LogP) is 1.96. The fraction of sp³-hybridized carbons (Fsp3) is 0.500. The highest BCUT2D eigenvalue weighted by molar-refractivity contribution is 6.31. The highest BCUT2D eigenvalue weighted by Crippen LogP contribution is 2.29. The fourth-order valence-corrected chi connectivity index (χ4v) is 3.17. The molecule has 0 spiro atoms. The maximum Gasteiger partial charge on any atom is 0.228 e. The van der Waals surface area contributed by atoms with E-state index in [1.165, 1.54) is 0 Å². The van der Waals surface area contributed by atoms with Crippen LogP contribution in [-0.2, 0) is 9.47 Å². The van der Waals surface area contributed by atoms with Crippen LogP contribution in [-0.4, -0.2) is 62.6 Å². The smallest absolute Gasteiger partial charge is 0.228 e. The van der Waals surface area contributed by atoms with Crippen LogP contribution in [0.4, 0.5) is 11.8 Å². The van der Waals surface area contributed by atoms with Crippen molar-refractivity contribution in [1.29, 1.82) is 0 Å². The van der Waals surface area contributed by atoms with Gasteiger partial charge in [-0.15, -0.1) is 0 Å². The van der Waals surface area contributed by atoms with Crippen molar-refractivity contribution >= 4 is 34.3 Å². The van der Waals surface area contributed by atoms with Gasteiger partial charge in [-0.1, -0.05) is 11.6 Å². The van der Waals surface area contributed by atoms with Crippen molar-refractivity contribution < 1.29 is 9.47 Å². The van der Waals surface area contributed by atoms with Crippen molar-refractivity contribution in [3.63, 3.8) is 0 Å². The number of morpholine rings is 2. The zero-order chi connectivity index (χ0) is 15.6. The summed E-state index contributed by atoms with van der Waals surface area (Å²) < 4.78 is 10.9. The maximum absolute atomic E-state index is 6.19. The number of hydrogen-bond acceptors (Lipinski definition) is 6. The minimum absolute atomic E-state index is 0.703. The van der Waals surface area contributed by atoms with Crippen LogP contribution in [0.1, 0.15) is 0 Å². The molecule has 3 heterocycles. The average Bonchev–Trinajstić information content (AvgIpc) is 2.62. The SMILES string of the molecule is Clc1ccc2nc(N3CCOCC3)nc(N3CCOCC3)c2c1. The molecule has 0 amide bonds. The Labute approximate surface area is 140 Å². The number of fused-ring (bicyclic) bond motifs is 1. The molecule has 2 saturated heterocycles. The summed E-state index contributed by atoms with van der Waals surface area (Å²) in [6.45, 7) is 6.19. The topological polar surface area (TPSA) is 50.7 Å². The van der Waals surface area contributed by atoms with Crippen LogP contribution in [0.25, 0.3) is 10.9 Å². The molecule has 4 rings (SSSR count). The molecule has 7 heteroatoms. The third-order valence-electron chi connectivity index (χ3n) is 4.23. The highest BCUT2D eigenvalue weighted by atomic mass is 35.5. The van der Waals surface area contributed by atoms with Gasteiger partial charge < -0.3 is 19.3 Å². The Morgan fingerprint density at radius 1 is 0.870 bits per heavy atom. The van der Waals surface area contributed by atoms with Crippen LogP contribution in [0, 0.1) is 0 Å². The van der Waals surface area contributed by atoms with E-state index in [2.05, 4.69) is 9.80 Å². The number of aromatic nitrogens is 2. The van der Waals surface area contributed by atoms with E-state index in [4.69, 9.17) is 31.0 Å². The summed E-state index contributed by atoms with van der Waals surface area (Å²) in [6, 6.07) is 5.79. The first kappa shape index (κ1) is 14.9. The molecule has 0 N–H and O–H groups in total. The molecule has 0 unspecified atom stereocenters. The Bertz CT molecular complexity index is 700. The molecule has 2 aliphatic rings. The van der Waals surface area contributed by atoms with E-state index in [-0.39, 0.29) is 0 Å². The van der Waals surface area contributed by atoms with Crippen LogP contribution in [0.2, 0.25) is 5.02 Å². The van der Waals surface area contributed by atoms with Crippen LogP contribution < -0.4 is 9.80 Å². The molecular weight excluding hydrogens is 316 g/mol. The van der Waals surface area contributed by atoms with E-state index < -0.39 is 0 Å². The van der Waals surface area contributed by atoms with E-state index >= 15 is 0 Å². The molecule has 0 atom stereocenters. The third-order valence-corrected chi connectivity index (χ3v) is 4.47. The minimum Gasteiger partial charge on any atom is -0.378 e. The second kappa shape index (κ2) is 6.47. The first-order chi connectivity index (χ1) is 11.3. The van der Waals surface area contributed by atoms with Gasteiger partial charge in [0.1, 0.15) is 5.82 Å². The van der Waals surface area contributed by atoms with Crippen LogP contribution >= 0.6 is 11.6 Å². The van der Waals surface area contributed by atoms with Gasteiger partial charge in [-0.3, -0.25) is 0 Å². The predicted molar refractivity (Wildman–Crippen MR) is 90.6 cm³/mol. The zero-order valence-electron chi connectivity index (χ0n) is 12.9. The average molecular weight is 335 g/mol. The quantitative estimate of drug-likeness (QED) is 0.837. The lowest BCUT2D eigenvalue weighted by molar-refractivity contribution is 0.121. The summed E-state index contributed by atoms with van der Waals surface area (Å²) in [5, 5.41) is 1.70. The standard InChI is InChI=1S/C16H19ClN4O2/c17-12-1-2-14-13(11-12)15(20-3-7-22-8-4-20)19-16(18-14)21-5-9-23-10-6-21/h1-2,11H,3-10H2. The van der Waals surface area contributed by atoms with Crippen molar-refractivity contribution in [2.75, 3.05) is 62.4 Å². The molecular formula is C16H19ClN4O2. The zero-order valence-corrected chi connectivity index (χ0v) is 13.6. The van der Waals surface area contributed by atoms with Gasteiger partial charge >= 0.3 is 0 Å². The number of halogens is 1. The molecule has 0 bridgehead atoms. The summed E-state index contributed by atoms with van der Waals surface area (Å²) >= 11 is 6.19. The molecule has 0 saturated carbocycles. The first-order valence-corrected chi connectivity index (χ1v) is 8.32. The van der Waals surface area contributed by atoms with Gasteiger partial charge in [-0.25, -0.2) is 4.98 Å².